The van der Waals surface area contributed by atoms with Gasteiger partial charge in [0.05, 0.1) is 10.5 Å². The number of nitrogens with two attached hydrogens (primary N) is 1. The first kappa shape index (κ1) is 16.9. The van der Waals surface area contributed by atoms with Gasteiger partial charge >= 0.3 is 5.97 Å². The number of carbonyl (C=O) groups is 1. The summed E-state index contributed by atoms with van der Waals surface area (Å²) < 4.78 is 23.1. The van der Waals surface area contributed by atoms with E-state index in [-0.39, 0.29) is 5.69 Å². The van der Waals surface area contributed by atoms with Gasteiger partial charge in [0, 0.05) is 12.6 Å². The summed E-state index contributed by atoms with van der Waals surface area (Å²) in [6, 6.07) is 1.60. The second kappa shape index (κ2) is 6.50. The van der Waals surface area contributed by atoms with Crippen LogP contribution in [0, 0.1) is 10.1 Å². The number of hydrogen-bond donors (Lipinski definition) is 3. The van der Waals surface area contributed by atoms with Gasteiger partial charge in [-0.15, -0.1) is 0 Å². The third-order valence-corrected chi connectivity index (χ3v) is 3.60. The van der Waals surface area contributed by atoms with E-state index < -0.39 is 37.1 Å². The molecule has 1 rings (SSSR count). The molecule has 1 aromatic carbocycles. The number of aromatic carboxylic acids is 1. The van der Waals surface area contributed by atoms with Gasteiger partial charge in [-0.05, 0) is 12.5 Å². The zero-order valence-electron chi connectivity index (χ0n) is 11.2. The highest BCUT2D eigenvalue weighted by molar-refractivity contribution is 7.89. The summed E-state index contributed by atoms with van der Waals surface area (Å²) in [5.41, 5.74) is -1.46. The normalized spacial score (nSPS) is 11.1. The third kappa shape index (κ3) is 4.13. The van der Waals surface area contributed by atoms with Gasteiger partial charge in [-0.2, -0.15) is 0 Å². The molecule has 0 unspecified atom stereocenters. The summed E-state index contributed by atoms with van der Waals surface area (Å²) in [4.78, 5) is 20.5. The van der Waals surface area contributed by atoms with Gasteiger partial charge in [0.2, 0.25) is 10.0 Å². The Morgan fingerprint density at radius 2 is 2.10 bits per heavy atom. The lowest BCUT2D eigenvalue weighted by molar-refractivity contribution is -0.384. The number of sulfonamides is 1. The van der Waals surface area contributed by atoms with Crippen molar-refractivity contribution < 1.29 is 23.2 Å². The number of rotatable bonds is 7. The largest absolute Gasteiger partial charge is 0.478 e. The molecule has 0 spiro atoms. The van der Waals surface area contributed by atoms with E-state index in [0.29, 0.717) is 13.0 Å². The molecule has 0 radical (unpaired) electrons. The molecule has 0 bridgehead atoms. The minimum absolute atomic E-state index is 0.291. The molecular weight excluding hydrogens is 302 g/mol. The molecule has 0 atom stereocenters. The number of nitro groups is 1. The molecule has 0 aromatic heterocycles. The molecule has 21 heavy (non-hydrogen) atoms. The summed E-state index contributed by atoms with van der Waals surface area (Å²) in [6.45, 7) is 2.19. The fraction of sp³-hybridized carbons (Fsp3) is 0.364. The number of primary sulfonamides is 1. The Hall–Kier alpha value is -2.20. The van der Waals surface area contributed by atoms with Gasteiger partial charge in [-0.3, -0.25) is 10.1 Å². The molecule has 9 nitrogen and oxygen atoms in total. The van der Waals surface area contributed by atoms with E-state index >= 15 is 0 Å². The quantitative estimate of drug-likeness (QED) is 0.387. The second-order valence-electron chi connectivity index (χ2n) is 4.26. The minimum atomic E-state index is -4.31. The lowest BCUT2D eigenvalue weighted by Crippen LogP contribution is -2.18. The number of hydrogen-bond acceptors (Lipinski definition) is 6. The summed E-state index contributed by atoms with van der Waals surface area (Å²) in [6.07, 6.45) is 1.45. The summed E-state index contributed by atoms with van der Waals surface area (Å²) in [5, 5.41) is 27.6. The molecule has 0 heterocycles. The van der Waals surface area contributed by atoms with Crippen molar-refractivity contribution in [3.8, 4) is 0 Å². The predicted octanol–water partition coefficient (Wildman–Crippen LogP) is 1.15. The van der Waals surface area contributed by atoms with Crippen molar-refractivity contribution in [1.82, 2.24) is 0 Å². The molecule has 4 N–H and O–H groups in total. The predicted molar refractivity (Wildman–Crippen MR) is 74.8 cm³/mol. The van der Waals surface area contributed by atoms with Crippen LogP contribution >= 0.6 is 0 Å². The Labute approximate surface area is 121 Å². The van der Waals surface area contributed by atoms with E-state index in [9.17, 15) is 23.3 Å². The maximum Gasteiger partial charge on any atom is 0.335 e. The summed E-state index contributed by atoms with van der Waals surface area (Å²) in [5.74, 6) is -1.48. The van der Waals surface area contributed by atoms with Crippen LogP contribution in [0.25, 0.3) is 0 Å². The fourth-order valence-corrected chi connectivity index (χ4v) is 2.41. The maximum absolute atomic E-state index is 11.6. The van der Waals surface area contributed by atoms with Crippen LogP contribution in [0.3, 0.4) is 0 Å². The molecule has 0 amide bonds. The molecule has 1 aromatic rings. The van der Waals surface area contributed by atoms with Gasteiger partial charge < -0.3 is 10.4 Å². The van der Waals surface area contributed by atoms with Crippen LogP contribution in [0.5, 0.6) is 0 Å². The smallest absolute Gasteiger partial charge is 0.335 e. The van der Waals surface area contributed by atoms with Crippen molar-refractivity contribution in [2.75, 3.05) is 11.9 Å². The van der Waals surface area contributed by atoms with Crippen molar-refractivity contribution in [3.63, 3.8) is 0 Å². The zero-order chi connectivity index (χ0) is 16.2. The second-order valence-corrected chi connectivity index (χ2v) is 5.79. The van der Waals surface area contributed by atoms with Gasteiger partial charge in [-0.1, -0.05) is 13.3 Å². The van der Waals surface area contributed by atoms with E-state index in [0.717, 1.165) is 18.6 Å². The standard InChI is InChI=1S/C11H15N3O6S/c1-2-3-4-13-10-8(14(17)18)5-7(11(15)16)6-9(10)21(12,19)20/h5-6,13H,2-4H2,1H3,(H,15,16)(H2,12,19,20). The van der Waals surface area contributed by atoms with Crippen molar-refractivity contribution in [3.05, 3.63) is 27.8 Å². The van der Waals surface area contributed by atoms with Crippen LogP contribution in [0.2, 0.25) is 0 Å². The molecule has 0 saturated carbocycles. The molecule has 0 aliphatic heterocycles. The van der Waals surface area contributed by atoms with Gasteiger partial charge in [0.1, 0.15) is 10.6 Å². The number of nitrogens with zero attached hydrogens (tertiary/aromatic N) is 1. The maximum atomic E-state index is 11.6. The molecule has 0 aliphatic carbocycles. The van der Waals surface area contributed by atoms with Crippen molar-refractivity contribution in [1.29, 1.82) is 0 Å². The third-order valence-electron chi connectivity index (χ3n) is 2.66. The van der Waals surface area contributed by atoms with Crippen molar-refractivity contribution in [2.24, 2.45) is 5.14 Å². The minimum Gasteiger partial charge on any atom is -0.478 e. The topological polar surface area (TPSA) is 153 Å². The molecular formula is C11H15N3O6S. The molecule has 0 aliphatic rings. The van der Waals surface area contributed by atoms with Gasteiger partial charge in [0.25, 0.3) is 5.69 Å². The Kier molecular flexibility index (Phi) is 5.22. The first-order chi connectivity index (χ1) is 9.68. The SMILES string of the molecule is CCCCNc1c([N+](=O)[O-])cc(C(=O)O)cc1S(N)(=O)=O. The van der Waals surface area contributed by atoms with Gasteiger partial charge in [-0.25, -0.2) is 18.4 Å². The van der Waals surface area contributed by atoms with E-state index in [2.05, 4.69) is 5.32 Å². The van der Waals surface area contributed by atoms with E-state index in [1.165, 1.54) is 0 Å². The number of carboxylic acid groups (broad SMARTS) is 1. The highest BCUT2D eigenvalue weighted by Crippen LogP contribution is 2.32. The average Bonchev–Trinajstić information content (AvgIpc) is 2.37. The van der Waals surface area contributed by atoms with Crippen LogP contribution in [-0.2, 0) is 10.0 Å². The molecule has 116 valence electrons. The van der Waals surface area contributed by atoms with E-state index in [1.54, 1.807) is 0 Å². The van der Waals surface area contributed by atoms with Crippen LogP contribution in [0.1, 0.15) is 30.1 Å². The monoisotopic (exact) mass is 317 g/mol. The summed E-state index contributed by atoms with van der Waals surface area (Å²) in [7, 11) is -4.31. The highest BCUT2D eigenvalue weighted by Gasteiger charge is 2.26. The molecule has 0 fully saturated rings. The van der Waals surface area contributed by atoms with Crippen LogP contribution in [0.15, 0.2) is 17.0 Å². The van der Waals surface area contributed by atoms with E-state index in [1.807, 2.05) is 6.92 Å². The Bertz CT molecular complexity index is 671. The number of carboxylic acids is 1. The van der Waals surface area contributed by atoms with E-state index in [4.69, 9.17) is 10.2 Å². The summed E-state index contributed by atoms with van der Waals surface area (Å²) >= 11 is 0. The molecule has 10 heteroatoms. The number of anilines is 1. The van der Waals surface area contributed by atoms with Crippen LogP contribution in [-0.4, -0.2) is 31.0 Å². The first-order valence-electron chi connectivity index (χ1n) is 6.01. The zero-order valence-corrected chi connectivity index (χ0v) is 12.0. The van der Waals surface area contributed by atoms with Crippen LogP contribution < -0.4 is 10.5 Å². The lowest BCUT2D eigenvalue weighted by atomic mass is 10.1. The van der Waals surface area contributed by atoms with Gasteiger partial charge in [0.15, 0.2) is 0 Å². The Balaban J connectivity index is 3.55. The number of unbranched alkanes of at least 4 members (excludes halogenated alkanes) is 1. The first-order valence-corrected chi connectivity index (χ1v) is 7.55. The number of nitro benzene ring substituents is 1. The highest BCUT2D eigenvalue weighted by atomic mass is 32.2. The van der Waals surface area contributed by atoms with Crippen LogP contribution in [0.4, 0.5) is 11.4 Å². The average molecular weight is 317 g/mol. The number of benzene rings is 1. The molecule has 0 saturated heterocycles. The lowest BCUT2D eigenvalue weighted by Gasteiger charge is -2.12. The Morgan fingerprint density at radius 3 is 2.52 bits per heavy atom. The van der Waals surface area contributed by atoms with Crippen molar-refractivity contribution >= 4 is 27.4 Å². The fourth-order valence-electron chi connectivity index (χ4n) is 1.66. The number of nitrogens with one attached hydrogen (secondary N) is 1. The Morgan fingerprint density at radius 1 is 1.48 bits per heavy atom. The van der Waals surface area contributed by atoms with Crippen molar-refractivity contribution in [2.45, 2.75) is 24.7 Å².